The summed E-state index contributed by atoms with van der Waals surface area (Å²) in [5, 5.41) is 0. The number of aryl methyl sites for hydroxylation is 1. The summed E-state index contributed by atoms with van der Waals surface area (Å²) in [6, 6.07) is 11.6. The van der Waals surface area contributed by atoms with E-state index >= 15 is 0 Å². The Morgan fingerprint density at radius 3 is 2.35 bits per heavy atom. The smallest absolute Gasteiger partial charge is 0.337 e. The number of sulfonamides is 1. The third-order valence-electron chi connectivity index (χ3n) is 4.44. The average molecular weight is 374 g/mol. The number of ether oxygens (including phenoxy) is 1. The Morgan fingerprint density at radius 1 is 1.08 bits per heavy atom. The van der Waals surface area contributed by atoms with Gasteiger partial charge < -0.3 is 9.64 Å². The maximum absolute atomic E-state index is 12.8. The average Bonchev–Trinajstić information content (AvgIpc) is 3.15. The van der Waals surface area contributed by atoms with Crippen molar-refractivity contribution < 1.29 is 17.9 Å². The number of hydrogen-bond donors (Lipinski definition) is 1. The maximum atomic E-state index is 12.8. The second kappa shape index (κ2) is 7.37. The summed E-state index contributed by atoms with van der Waals surface area (Å²) in [7, 11) is -2.46. The van der Waals surface area contributed by atoms with Crippen molar-refractivity contribution in [1.82, 2.24) is 0 Å². The highest BCUT2D eigenvalue weighted by Gasteiger charge is 2.22. The molecule has 0 aliphatic carbocycles. The number of anilines is 2. The third kappa shape index (κ3) is 3.83. The van der Waals surface area contributed by atoms with Crippen molar-refractivity contribution in [2.45, 2.75) is 24.7 Å². The Bertz CT molecular complexity index is 902. The molecule has 1 aliphatic rings. The molecule has 2 aromatic carbocycles. The molecule has 138 valence electrons. The van der Waals surface area contributed by atoms with E-state index in [1.165, 1.54) is 13.2 Å². The van der Waals surface area contributed by atoms with Gasteiger partial charge >= 0.3 is 5.97 Å². The first-order valence-electron chi connectivity index (χ1n) is 8.47. The van der Waals surface area contributed by atoms with Crippen LogP contribution in [0.4, 0.5) is 11.4 Å². The van der Waals surface area contributed by atoms with Gasteiger partial charge in [0.2, 0.25) is 0 Å². The molecule has 0 aromatic heterocycles. The summed E-state index contributed by atoms with van der Waals surface area (Å²) in [6.07, 6.45) is 2.12. The van der Waals surface area contributed by atoms with Crippen molar-refractivity contribution in [3.05, 3.63) is 53.6 Å². The van der Waals surface area contributed by atoms with Gasteiger partial charge in [0.05, 0.1) is 28.9 Å². The predicted octanol–water partition coefficient (Wildman–Crippen LogP) is 3.18. The van der Waals surface area contributed by atoms with Gasteiger partial charge in [0.1, 0.15) is 0 Å². The monoisotopic (exact) mass is 374 g/mol. The highest BCUT2D eigenvalue weighted by atomic mass is 32.2. The number of carbonyl (C=O) groups is 1. The molecule has 0 unspecified atom stereocenters. The zero-order valence-electron chi connectivity index (χ0n) is 14.9. The third-order valence-corrected chi connectivity index (χ3v) is 5.82. The highest BCUT2D eigenvalue weighted by Crippen LogP contribution is 2.32. The van der Waals surface area contributed by atoms with E-state index in [9.17, 15) is 13.2 Å². The van der Waals surface area contributed by atoms with Crippen molar-refractivity contribution in [2.24, 2.45) is 0 Å². The van der Waals surface area contributed by atoms with Gasteiger partial charge in [0.25, 0.3) is 10.0 Å². The van der Waals surface area contributed by atoms with Crippen LogP contribution in [0, 0.1) is 6.92 Å². The van der Waals surface area contributed by atoms with Crippen molar-refractivity contribution in [3.63, 3.8) is 0 Å². The second-order valence-electron chi connectivity index (χ2n) is 6.34. The molecule has 6 nitrogen and oxygen atoms in total. The lowest BCUT2D eigenvalue weighted by Gasteiger charge is -2.22. The number of rotatable bonds is 5. The summed E-state index contributed by atoms with van der Waals surface area (Å²) in [4.78, 5) is 14.2. The molecule has 0 radical (unpaired) electrons. The first-order chi connectivity index (χ1) is 12.4. The van der Waals surface area contributed by atoms with Crippen LogP contribution in [0.15, 0.2) is 47.4 Å². The summed E-state index contributed by atoms with van der Waals surface area (Å²) in [5.74, 6) is -0.506. The summed E-state index contributed by atoms with van der Waals surface area (Å²) in [5.41, 5.74) is 2.44. The lowest BCUT2D eigenvalue weighted by molar-refractivity contribution is 0.0601. The molecule has 1 heterocycles. The van der Waals surface area contributed by atoms with Gasteiger partial charge in [0, 0.05) is 13.1 Å². The van der Waals surface area contributed by atoms with E-state index in [-0.39, 0.29) is 4.90 Å². The van der Waals surface area contributed by atoms with Crippen LogP contribution in [-0.4, -0.2) is 34.6 Å². The highest BCUT2D eigenvalue weighted by molar-refractivity contribution is 7.92. The van der Waals surface area contributed by atoms with Crippen LogP contribution in [0.25, 0.3) is 0 Å². The van der Waals surface area contributed by atoms with E-state index in [0.29, 0.717) is 11.3 Å². The number of nitrogens with one attached hydrogen (secondary N) is 1. The van der Waals surface area contributed by atoms with Gasteiger partial charge in [-0.15, -0.1) is 0 Å². The van der Waals surface area contributed by atoms with Crippen LogP contribution in [0.5, 0.6) is 0 Å². The minimum Gasteiger partial charge on any atom is -0.465 e. The van der Waals surface area contributed by atoms with Gasteiger partial charge in [0.15, 0.2) is 0 Å². The quantitative estimate of drug-likeness (QED) is 0.814. The fraction of sp³-hybridized carbons (Fsp3) is 0.316. The Hall–Kier alpha value is -2.54. The van der Waals surface area contributed by atoms with Crippen molar-refractivity contribution in [3.8, 4) is 0 Å². The molecule has 0 bridgehead atoms. The van der Waals surface area contributed by atoms with Gasteiger partial charge in [-0.1, -0.05) is 17.7 Å². The Kier molecular flexibility index (Phi) is 5.18. The van der Waals surface area contributed by atoms with Crippen LogP contribution in [0.1, 0.15) is 28.8 Å². The largest absolute Gasteiger partial charge is 0.465 e. The summed E-state index contributed by atoms with van der Waals surface area (Å²) < 4.78 is 33.0. The molecule has 0 amide bonds. The molecule has 7 heteroatoms. The molecular weight excluding hydrogens is 352 g/mol. The van der Waals surface area contributed by atoms with E-state index in [0.717, 1.165) is 37.2 Å². The number of benzene rings is 2. The number of methoxy groups -OCH3 is 1. The van der Waals surface area contributed by atoms with Crippen LogP contribution < -0.4 is 9.62 Å². The van der Waals surface area contributed by atoms with E-state index in [4.69, 9.17) is 4.74 Å². The molecule has 0 atom stereocenters. The Balaban J connectivity index is 2.00. The fourth-order valence-corrected chi connectivity index (χ4v) is 4.08. The first-order valence-corrected chi connectivity index (χ1v) is 9.96. The van der Waals surface area contributed by atoms with Gasteiger partial charge in [-0.2, -0.15) is 0 Å². The molecule has 2 aromatic rings. The Labute approximate surface area is 153 Å². The zero-order valence-corrected chi connectivity index (χ0v) is 15.7. The molecule has 26 heavy (non-hydrogen) atoms. The van der Waals surface area contributed by atoms with Crippen LogP contribution in [0.2, 0.25) is 0 Å². The predicted molar refractivity (Wildman–Crippen MR) is 101 cm³/mol. The minimum absolute atomic E-state index is 0.180. The lowest BCUT2D eigenvalue weighted by atomic mass is 10.1. The molecule has 1 aliphatic heterocycles. The lowest BCUT2D eigenvalue weighted by Crippen LogP contribution is -2.22. The van der Waals surface area contributed by atoms with Crippen molar-refractivity contribution in [1.29, 1.82) is 0 Å². The maximum Gasteiger partial charge on any atom is 0.337 e. The normalized spacial score (nSPS) is 14.3. The SMILES string of the molecule is COC(=O)c1ccc(N2CCCC2)c(NS(=O)(=O)c2ccc(C)cc2)c1. The summed E-state index contributed by atoms with van der Waals surface area (Å²) in [6.45, 7) is 3.61. The molecule has 0 spiro atoms. The summed E-state index contributed by atoms with van der Waals surface area (Å²) >= 11 is 0. The van der Waals surface area contributed by atoms with Crippen LogP contribution >= 0.6 is 0 Å². The molecule has 3 rings (SSSR count). The molecule has 1 fully saturated rings. The Morgan fingerprint density at radius 2 is 1.73 bits per heavy atom. The minimum atomic E-state index is -3.76. The number of hydrogen-bond acceptors (Lipinski definition) is 5. The number of nitrogens with zero attached hydrogens (tertiary/aromatic N) is 1. The zero-order chi connectivity index (χ0) is 18.7. The van der Waals surface area contributed by atoms with E-state index < -0.39 is 16.0 Å². The molecule has 0 saturated carbocycles. The second-order valence-corrected chi connectivity index (χ2v) is 8.02. The molecule has 1 N–H and O–H groups in total. The van der Waals surface area contributed by atoms with E-state index in [1.54, 1.807) is 36.4 Å². The van der Waals surface area contributed by atoms with E-state index in [2.05, 4.69) is 9.62 Å². The van der Waals surface area contributed by atoms with Crippen LogP contribution in [-0.2, 0) is 14.8 Å². The van der Waals surface area contributed by atoms with Gasteiger partial charge in [-0.05, 0) is 50.1 Å². The van der Waals surface area contributed by atoms with Gasteiger partial charge in [-0.3, -0.25) is 4.72 Å². The van der Waals surface area contributed by atoms with E-state index in [1.807, 2.05) is 6.92 Å². The van der Waals surface area contributed by atoms with Crippen molar-refractivity contribution >= 4 is 27.4 Å². The topological polar surface area (TPSA) is 75.7 Å². The molecule has 1 saturated heterocycles. The standard InChI is InChI=1S/C19H22N2O4S/c1-14-5-8-16(9-6-14)26(23,24)20-17-13-15(19(22)25-2)7-10-18(17)21-11-3-4-12-21/h5-10,13,20H,3-4,11-12H2,1-2H3. The first kappa shape index (κ1) is 18.3. The molecular formula is C19H22N2O4S. The number of carbonyl (C=O) groups excluding carboxylic acids is 1. The van der Waals surface area contributed by atoms with Crippen LogP contribution in [0.3, 0.4) is 0 Å². The van der Waals surface area contributed by atoms with Gasteiger partial charge in [-0.25, -0.2) is 13.2 Å². The fourth-order valence-electron chi connectivity index (χ4n) is 3.02. The number of esters is 1. The van der Waals surface area contributed by atoms with Crippen molar-refractivity contribution in [2.75, 3.05) is 29.8 Å².